The third kappa shape index (κ3) is 1.28. The van der Waals surface area contributed by atoms with Gasteiger partial charge in [-0.15, -0.1) is 0 Å². The van der Waals surface area contributed by atoms with Crippen molar-refractivity contribution in [3.05, 3.63) is 30.5 Å². The number of hydrogen-bond donors (Lipinski definition) is 1. The van der Waals surface area contributed by atoms with Gasteiger partial charge in [-0.2, -0.15) is 4.98 Å². The molecule has 0 fully saturated rings. The van der Waals surface area contributed by atoms with Crippen LogP contribution in [-0.4, -0.2) is 15.1 Å². The Labute approximate surface area is 90.1 Å². The number of oxazole rings is 1. The van der Waals surface area contributed by atoms with Gasteiger partial charge in [0.1, 0.15) is 5.52 Å². The number of fused-ring (bicyclic) bond motifs is 1. The number of aromatic nitrogens is 3. The first-order chi connectivity index (χ1) is 7.88. The van der Waals surface area contributed by atoms with Gasteiger partial charge >= 0.3 is 0 Å². The van der Waals surface area contributed by atoms with Crippen LogP contribution in [0.2, 0.25) is 0 Å². The van der Waals surface area contributed by atoms with E-state index in [2.05, 4.69) is 15.1 Å². The molecule has 0 atom stereocenters. The van der Waals surface area contributed by atoms with Crippen molar-refractivity contribution in [3.63, 3.8) is 0 Å². The predicted octanol–water partition coefficient (Wildman–Crippen LogP) is 1.34. The Morgan fingerprint density at radius 2 is 2.25 bits per heavy atom. The SMILES string of the molecule is NCc1nc(-c2cccc3ncoc23)no1. The fourth-order valence-corrected chi connectivity index (χ4v) is 1.51. The van der Waals surface area contributed by atoms with Gasteiger partial charge in [0.2, 0.25) is 11.7 Å². The smallest absolute Gasteiger partial charge is 0.240 e. The molecular formula is C10H8N4O2. The zero-order valence-corrected chi connectivity index (χ0v) is 8.25. The minimum absolute atomic E-state index is 0.222. The maximum absolute atomic E-state index is 5.40. The maximum atomic E-state index is 5.40. The highest BCUT2D eigenvalue weighted by atomic mass is 16.5. The molecule has 2 N–H and O–H groups in total. The van der Waals surface area contributed by atoms with Gasteiger partial charge in [0.15, 0.2) is 12.0 Å². The minimum Gasteiger partial charge on any atom is -0.443 e. The van der Waals surface area contributed by atoms with Crippen LogP contribution in [0.25, 0.3) is 22.5 Å². The molecule has 0 amide bonds. The highest BCUT2D eigenvalue weighted by Crippen LogP contribution is 2.25. The van der Waals surface area contributed by atoms with Crippen LogP contribution in [0.4, 0.5) is 0 Å². The highest BCUT2D eigenvalue weighted by molar-refractivity contribution is 5.87. The molecule has 16 heavy (non-hydrogen) atoms. The van der Waals surface area contributed by atoms with Crippen LogP contribution in [0.15, 0.2) is 33.5 Å². The second-order valence-electron chi connectivity index (χ2n) is 3.22. The van der Waals surface area contributed by atoms with Crippen molar-refractivity contribution in [2.24, 2.45) is 5.73 Å². The Hall–Kier alpha value is -2.21. The molecule has 0 aliphatic heterocycles. The van der Waals surface area contributed by atoms with Crippen LogP contribution in [0.5, 0.6) is 0 Å². The van der Waals surface area contributed by atoms with E-state index in [-0.39, 0.29) is 6.54 Å². The molecule has 6 nitrogen and oxygen atoms in total. The van der Waals surface area contributed by atoms with Gasteiger partial charge in [0.25, 0.3) is 0 Å². The topological polar surface area (TPSA) is 91.0 Å². The molecule has 0 radical (unpaired) electrons. The Balaban J connectivity index is 2.21. The van der Waals surface area contributed by atoms with E-state index >= 15 is 0 Å². The van der Waals surface area contributed by atoms with Crippen LogP contribution >= 0.6 is 0 Å². The molecule has 0 saturated heterocycles. The third-order valence-corrected chi connectivity index (χ3v) is 2.24. The van der Waals surface area contributed by atoms with E-state index in [1.165, 1.54) is 6.39 Å². The van der Waals surface area contributed by atoms with Crippen molar-refractivity contribution in [1.82, 2.24) is 15.1 Å². The van der Waals surface area contributed by atoms with Gasteiger partial charge in [-0.05, 0) is 12.1 Å². The number of benzene rings is 1. The summed E-state index contributed by atoms with van der Waals surface area (Å²) in [7, 11) is 0. The molecule has 3 rings (SSSR count). The van der Waals surface area contributed by atoms with E-state index in [9.17, 15) is 0 Å². The van der Waals surface area contributed by atoms with Crippen molar-refractivity contribution in [2.75, 3.05) is 0 Å². The van der Waals surface area contributed by atoms with Gasteiger partial charge in [0.05, 0.1) is 12.1 Å². The van der Waals surface area contributed by atoms with Crippen LogP contribution in [0.1, 0.15) is 5.89 Å². The number of nitrogens with two attached hydrogens (primary N) is 1. The number of para-hydroxylation sites is 1. The van der Waals surface area contributed by atoms with Crippen LogP contribution in [-0.2, 0) is 6.54 Å². The van der Waals surface area contributed by atoms with Crippen LogP contribution in [0, 0.1) is 0 Å². The fourth-order valence-electron chi connectivity index (χ4n) is 1.51. The lowest BCUT2D eigenvalue weighted by Gasteiger charge is -1.93. The first-order valence-electron chi connectivity index (χ1n) is 4.73. The first kappa shape index (κ1) is 9.05. The van der Waals surface area contributed by atoms with Gasteiger partial charge in [-0.3, -0.25) is 0 Å². The van der Waals surface area contributed by atoms with Crippen molar-refractivity contribution >= 4 is 11.1 Å². The van der Waals surface area contributed by atoms with E-state index in [0.29, 0.717) is 17.3 Å². The van der Waals surface area contributed by atoms with Crippen LogP contribution < -0.4 is 5.73 Å². The normalized spacial score (nSPS) is 11.1. The molecule has 1 aromatic carbocycles. The second-order valence-corrected chi connectivity index (χ2v) is 3.22. The molecule has 6 heteroatoms. The third-order valence-electron chi connectivity index (χ3n) is 2.24. The van der Waals surface area contributed by atoms with E-state index in [1.54, 1.807) is 0 Å². The van der Waals surface area contributed by atoms with Crippen molar-refractivity contribution in [2.45, 2.75) is 6.54 Å². The van der Waals surface area contributed by atoms with Gasteiger partial charge in [-0.1, -0.05) is 11.2 Å². The lowest BCUT2D eigenvalue weighted by molar-refractivity contribution is 0.380. The maximum Gasteiger partial charge on any atom is 0.240 e. The van der Waals surface area contributed by atoms with Crippen molar-refractivity contribution in [3.8, 4) is 11.4 Å². The average molecular weight is 216 g/mol. The Morgan fingerprint density at radius 1 is 1.31 bits per heavy atom. The largest absolute Gasteiger partial charge is 0.443 e. The summed E-state index contributed by atoms with van der Waals surface area (Å²) in [5.74, 6) is 0.856. The second kappa shape index (κ2) is 3.42. The van der Waals surface area contributed by atoms with E-state index in [0.717, 1.165) is 11.1 Å². The molecule has 0 unspecified atom stereocenters. The Kier molecular flexibility index (Phi) is 1.94. The molecule has 2 aromatic heterocycles. The van der Waals surface area contributed by atoms with E-state index in [4.69, 9.17) is 14.7 Å². The van der Waals surface area contributed by atoms with Gasteiger partial charge in [0, 0.05) is 0 Å². The van der Waals surface area contributed by atoms with Crippen molar-refractivity contribution < 1.29 is 8.94 Å². The molecule has 3 aromatic rings. The number of rotatable bonds is 2. The van der Waals surface area contributed by atoms with Gasteiger partial charge in [-0.25, -0.2) is 4.98 Å². The van der Waals surface area contributed by atoms with E-state index in [1.807, 2.05) is 18.2 Å². The lowest BCUT2D eigenvalue weighted by atomic mass is 10.2. The first-order valence-corrected chi connectivity index (χ1v) is 4.73. The zero-order valence-electron chi connectivity index (χ0n) is 8.25. The minimum atomic E-state index is 0.222. The summed E-state index contributed by atoms with van der Waals surface area (Å²) in [6.07, 6.45) is 1.39. The molecule has 0 aliphatic rings. The molecule has 0 bridgehead atoms. The van der Waals surface area contributed by atoms with E-state index < -0.39 is 0 Å². The molecule has 0 spiro atoms. The molecule has 2 heterocycles. The molecule has 80 valence electrons. The molecule has 0 aliphatic carbocycles. The summed E-state index contributed by atoms with van der Waals surface area (Å²) in [6, 6.07) is 5.56. The predicted molar refractivity (Wildman–Crippen MR) is 55.2 cm³/mol. The Morgan fingerprint density at radius 3 is 3.06 bits per heavy atom. The highest BCUT2D eigenvalue weighted by Gasteiger charge is 2.13. The van der Waals surface area contributed by atoms with Gasteiger partial charge < -0.3 is 14.7 Å². The molecular weight excluding hydrogens is 208 g/mol. The number of hydrogen-bond acceptors (Lipinski definition) is 6. The fraction of sp³-hybridized carbons (Fsp3) is 0.100. The summed E-state index contributed by atoms with van der Waals surface area (Å²) in [6.45, 7) is 0.222. The summed E-state index contributed by atoms with van der Waals surface area (Å²) >= 11 is 0. The lowest BCUT2D eigenvalue weighted by Crippen LogP contribution is -1.95. The average Bonchev–Trinajstić information content (AvgIpc) is 2.97. The summed E-state index contributed by atoms with van der Waals surface area (Å²) in [4.78, 5) is 8.19. The zero-order chi connectivity index (χ0) is 11.0. The summed E-state index contributed by atoms with van der Waals surface area (Å²) in [5, 5.41) is 3.83. The number of nitrogens with zero attached hydrogens (tertiary/aromatic N) is 3. The van der Waals surface area contributed by atoms with Crippen LogP contribution in [0.3, 0.4) is 0 Å². The molecule has 0 saturated carbocycles. The van der Waals surface area contributed by atoms with Crippen molar-refractivity contribution in [1.29, 1.82) is 0 Å². The summed E-state index contributed by atoms with van der Waals surface area (Å²) in [5.41, 5.74) is 7.56. The Bertz CT molecular complexity index is 628. The standard InChI is InChI=1S/C10H8N4O2/c11-4-8-13-10(14-16-8)6-2-1-3-7-9(6)15-5-12-7/h1-3,5H,4,11H2. The monoisotopic (exact) mass is 216 g/mol. The quantitative estimate of drug-likeness (QED) is 0.694. The summed E-state index contributed by atoms with van der Waals surface area (Å²) < 4.78 is 10.2.